The van der Waals surface area contributed by atoms with Crippen LogP contribution in [0.4, 0.5) is 0 Å². The zero-order chi connectivity index (χ0) is 19.8. The molecule has 0 unspecified atom stereocenters. The standard InChI is InChI=1S/C21H24N4O3/c1-13-4-2-5-14-11-24(12-17(13)14)19(26)9-15-8-18(23-20(15)27)21(28)25-7-3-6-16(25)10-22/h2,4-5,15-16,18H,3,6-9,11-12H2,1H3,(H,23,27)/t15-,16-,18-/m0/s1. The summed E-state index contributed by atoms with van der Waals surface area (Å²) in [6, 6.07) is 7.19. The van der Waals surface area contributed by atoms with Crippen molar-refractivity contribution >= 4 is 17.7 Å². The van der Waals surface area contributed by atoms with E-state index in [0.29, 0.717) is 32.5 Å². The number of rotatable bonds is 3. The highest BCUT2D eigenvalue weighted by atomic mass is 16.2. The lowest BCUT2D eigenvalue weighted by molar-refractivity contribution is -0.135. The highest BCUT2D eigenvalue weighted by molar-refractivity contribution is 5.94. The molecule has 28 heavy (non-hydrogen) atoms. The molecule has 3 amide bonds. The van der Waals surface area contributed by atoms with Crippen molar-refractivity contribution in [1.82, 2.24) is 15.1 Å². The molecule has 4 rings (SSSR count). The third-order valence-corrected chi connectivity index (χ3v) is 6.18. The van der Waals surface area contributed by atoms with E-state index in [1.54, 1.807) is 9.80 Å². The average Bonchev–Trinajstić information content (AvgIpc) is 3.40. The Balaban J connectivity index is 1.36. The Hall–Kier alpha value is -2.88. The molecule has 3 aliphatic heterocycles. The number of carbonyl (C=O) groups is 3. The van der Waals surface area contributed by atoms with Gasteiger partial charge in [-0.1, -0.05) is 18.2 Å². The topological polar surface area (TPSA) is 93.5 Å². The summed E-state index contributed by atoms with van der Waals surface area (Å²) in [4.78, 5) is 41.2. The number of nitriles is 1. The van der Waals surface area contributed by atoms with Gasteiger partial charge in [-0.25, -0.2) is 0 Å². The third kappa shape index (κ3) is 3.24. The quantitative estimate of drug-likeness (QED) is 0.854. The first-order chi connectivity index (χ1) is 13.5. The number of nitrogens with zero attached hydrogens (tertiary/aromatic N) is 3. The molecule has 0 aromatic heterocycles. The fraction of sp³-hybridized carbons (Fsp3) is 0.524. The lowest BCUT2D eigenvalue weighted by Crippen LogP contribution is -2.46. The van der Waals surface area contributed by atoms with Crippen molar-refractivity contribution in [2.45, 2.75) is 57.8 Å². The summed E-state index contributed by atoms with van der Waals surface area (Å²) in [5.41, 5.74) is 3.53. The van der Waals surface area contributed by atoms with Crippen molar-refractivity contribution in [2.24, 2.45) is 5.92 Å². The summed E-state index contributed by atoms with van der Waals surface area (Å²) >= 11 is 0. The first-order valence-electron chi connectivity index (χ1n) is 9.83. The maximum Gasteiger partial charge on any atom is 0.246 e. The molecule has 2 fully saturated rings. The smallest absolute Gasteiger partial charge is 0.246 e. The van der Waals surface area contributed by atoms with Gasteiger partial charge in [0.15, 0.2) is 0 Å². The monoisotopic (exact) mass is 380 g/mol. The second-order valence-corrected chi connectivity index (χ2v) is 7.98. The largest absolute Gasteiger partial charge is 0.344 e. The maximum absolute atomic E-state index is 12.8. The van der Waals surface area contributed by atoms with Crippen molar-refractivity contribution in [3.63, 3.8) is 0 Å². The second kappa shape index (κ2) is 7.27. The summed E-state index contributed by atoms with van der Waals surface area (Å²) < 4.78 is 0. The van der Waals surface area contributed by atoms with Crippen LogP contribution < -0.4 is 5.32 Å². The van der Waals surface area contributed by atoms with Crippen LogP contribution in [0.15, 0.2) is 18.2 Å². The van der Waals surface area contributed by atoms with E-state index in [1.807, 2.05) is 25.1 Å². The van der Waals surface area contributed by atoms with Crippen molar-refractivity contribution in [2.75, 3.05) is 6.54 Å². The van der Waals surface area contributed by atoms with Gasteiger partial charge in [0.05, 0.1) is 6.07 Å². The van der Waals surface area contributed by atoms with Crippen LogP contribution in [0.5, 0.6) is 0 Å². The predicted molar refractivity (Wildman–Crippen MR) is 100 cm³/mol. The van der Waals surface area contributed by atoms with Gasteiger partial charge in [0.1, 0.15) is 12.1 Å². The Morgan fingerprint density at radius 2 is 2.14 bits per heavy atom. The third-order valence-electron chi connectivity index (χ3n) is 6.18. The molecule has 1 aromatic rings. The van der Waals surface area contributed by atoms with Gasteiger partial charge in [-0.3, -0.25) is 14.4 Å². The zero-order valence-electron chi connectivity index (χ0n) is 16.0. The first-order valence-corrected chi connectivity index (χ1v) is 9.83. The van der Waals surface area contributed by atoms with E-state index in [4.69, 9.17) is 0 Å². The van der Waals surface area contributed by atoms with E-state index in [1.165, 1.54) is 11.1 Å². The van der Waals surface area contributed by atoms with Gasteiger partial charge in [0.2, 0.25) is 17.7 Å². The van der Waals surface area contributed by atoms with Crippen LogP contribution >= 0.6 is 0 Å². The summed E-state index contributed by atoms with van der Waals surface area (Å²) in [6.45, 7) is 3.75. The Morgan fingerprint density at radius 1 is 1.32 bits per heavy atom. The van der Waals surface area contributed by atoms with Gasteiger partial charge in [-0.05, 0) is 42.9 Å². The fourth-order valence-corrected chi connectivity index (χ4v) is 4.55. The van der Waals surface area contributed by atoms with Gasteiger partial charge in [-0.15, -0.1) is 0 Å². The molecular weight excluding hydrogens is 356 g/mol. The van der Waals surface area contributed by atoms with E-state index < -0.39 is 18.0 Å². The van der Waals surface area contributed by atoms with E-state index in [0.717, 1.165) is 12.0 Å². The molecule has 0 radical (unpaired) electrons. The molecule has 2 saturated heterocycles. The minimum absolute atomic E-state index is 0.0556. The number of benzene rings is 1. The van der Waals surface area contributed by atoms with Crippen molar-refractivity contribution in [1.29, 1.82) is 5.26 Å². The minimum atomic E-state index is -0.628. The lowest BCUT2D eigenvalue weighted by Gasteiger charge is -2.23. The van der Waals surface area contributed by atoms with Gasteiger partial charge < -0.3 is 15.1 Å². The molecule has 0 spiro atoms. The summed E-state index contributed by atoms with van der Waals surface area (Å²) in [5, 5.41) is 11.9. The van der Waals surface area contributed by atoms with Crippen molar-refractivity contribution in [3.05, 3.63) is 34.9 Å². The van der Waals surface area contributed by atoms with Crippen molar-refractivity contribution < 1.29 is 14.4 Å². The van der Waals surface area contributed by atoms with E-state index in [2.05, 4.69) is 11.4 Å². The normalized spacial score (nSPS) is 26.1. The lowest BCUT2D eigenvalue weighted by atomic mass is 9.99. The molecule has 3 aliphatic rings. The first kappa shape index (κ1) is 18.5. The Morgan fingerprint density at radius 3 is 2.89 bits per heavy atom. The number of aryl methyl sites for hydroxylation is 1. The fourth-order valence-electron chi connectivity index (χ4n) is 4.55. The summed E-state index contributed by atoms with van der Waals surface area (Å²) in [5.74, 6) is -0.988. The Bertz CT molecular complexity index is 875. The number of amides is 3. The highest BCUT2D eigenvalue weighted by Gasteiger charge is 2.42. The molecular formula is C21H24N4O3. The summed E-state index contributed by atoms with van der Waals surface area (Å²) in [7, 11) is 0. The van der Waals surface area contributed by atoms with Crippen LogP contribution in [-0.2, 0) is 27.5 Å². The molecule has 146 valence electrons. The summed E-state index contributed by atoms with van der Waals surface area (Å²) in [6.07, 6.45) is 1.92. The van der Waals surface area contributed by atoms with E-state index >= 15 is 0 Å². The molecule has 3 heterocycles. The SMILES string of the molecule is Cc1cccc2c1CN(C(=O)C[C@@H]1C[C@@H](C(=O)N3CCC[C@H]3C#N)NC1=O)C2. The minimum Gasteiger partial charge on any atom is -0.344 e. The van der Waals surface area contributed by atoms with E-state index in [9.17, 15) is 19.6 Å². The number of nitrogens with one attached hydrogen (secondary N) is 1. The van der Waals surface area contributed by atoms with Crippen LogP contribution in [0.3, 0.4) is 0 Å². The molecule has 0 aliphatic carbocycles. The molecule has 1 N–H and O–H groups in total. The molecule has 1 aromatic carbocycles. The van der Waals surface area contributed by atoms with Crippen LogP contribution in [0, 0.1) is 24.2 Å². The van der Waals surface area contributed by atoms with E-state index in [-0.39, 0.29) is 24.1 Å². The van der Waals surface area contributed by atoms with Gasteiger partial charge in [0.25, 0.3) is 0 Å². The number of hydrogen-bond acceptors (Lipinski definition) is 4. The van der Waals surface area contributed by atoms with Crippen LogP contribution in [-0.4, -0.2) is 46.1 Å². The number of hydrogen-bond donors (Lipinski definition) is 1. The maximum atomic E-state index is 12.8. The zero-order valence-corrected chi connectivity index (χ0v) is 16.0. The Labute approximate surface area is 164 Å². The second-order valence-electron chi connectivity index (χ2n) is 7.98. The molecule has 7 heteroatoms. The average molecular weight is 380 g/mol. The van der Waals surface area contributed by atoms with Crippen LogP contribution in [0.2, 0.25) is 0 Å². The Kier molecular flexibility index (Phi) is 4.80. The predicted octanol–water partition coefficient (Wildman–Crippen LogP) is 1.25. The van der Waals surface area contributed by atoms with Crippen LogP contribution in [0.1, 0.15) is 42.4 Å². The number of fused-ring (bicyclic) bond motifs is 1. The molecule has 7 nitrogen and oxygen atoms in total. The van der Waals surface area contributed by atoms with Crippen LogP contribution in [0.25, 0.3) is 0 Å². The molecule has 0 saturated carbocycles. The van der Waals surface area contributed by atoms with Crippen molar-refractivity contribution in [3.8, 4) is 6.07 Å². The number of likely N-dealkylation sites (tertiary alicyclic amines) is 1. The number of carbonyl (C=O) groups excluding carboxylic acids is 3. The van der Waals surface area contributed by atoms with Gasteiger partial charge >= 0.3 is 0 Å². The van der Waals surface area contributed by atoms with Gasteiger partial charge in [-0.2, -0.15) is 5.26 Å². The van der Waals surface area contributed by atoms with Gasteiger partial charge in [0, 0.05) is 32.0 Å². The highest BCUT2D eigenvalue weighted by Crippen LogP contribution is 2.29. The molecule has 3 atom stereocenters. The molecule has 0 bridgehead atoms.